The van der Waals surface area contributed by atoms with Crippen molar-refractivity contribution in [3.8, 4) is 11.3 Å². The zero-order chi connectivity index (χ0) is 16.6. The fourth-order valence-electron chi connectivity index (χ4n) is 2.21. The van der Waals surface area contributed by atoms with E-state index >= 15 is 0 Å². The number of nitrogens with zero attached hydrogens (tertiary/aromatic N) is 3. The smallest absolute Gasteiger partial charge is 0.188 e. The van der Waals surface area contributed by atoms with Crippen molar-refractivity contribution in [1.29, 1.82) is 0 Å². The Bertz CT molecular complexity index is 783. The van der Waals surface area contributed by atoms with E-state index < -0.39 is 0 Å². The van der Waals surface area contributed by atoms with Gasteiger partial charge in [0.05, 0.1) is 6.54 Å². The molecule has 0 saturated heterocycles. The van der Waals surface area contributed by atoms with Gasteiger partial charge in [-0.25, -0.2) is 4.99 Å². The predicted octanol–water partition coefficient (Wildman–Crippen LogP) is 2.38. The molecule has 3 rings (SSSR count). The molecule has 122 valence electrons. The van der Waals surface area contributed by atoms with E-state index in [-0.39, 0.29) is 0 Å². The lowest BCUT2D eigenvalue weighted by molar-refractivity contribution is 0.424. The largest absolute Gasteiger partial charge is 0.370 e. The first kappa shape index (κ1) is 15.7. The van der Waals surface area contributed by atoms with Crippen LogP contribution in [-0.4, -0.2) is 22.6 Å². The quantitative estimate of drug-likeness (QED) is 0.537. The van der Waals surface area contributed by atoms with Crippen molar-refractivity contribution in [2.24, 2.45) is 10.7 Å². The molecule has 0 spiro atoms. The van der Waals surface area contributed by atoms with Gasteiger partial charge in [0.25, 0.3) is 0 Å². The highest BCUT2D eigenvalue weighted by Crippen LogP contribution is 2.19. The van der Waals surface area contributed by atoms with Gasteiger partial charge in [-0.1, -0.05) is 41.6 Å². The molecule has 1 aromatic carbocycles. The molecule has 6 nitrogen and oxygen atoms in total. The first-order chi connectivity index (χ1) is 11.8. The van der Waals surface area contributed by atoms with E-state index in [1.165, 1.54) is 0 Å². The zero-order valence-electron chi connectivity index (χ0n) is 13.2. The minimum atomic E-state index is 0.374. The van der Waals surface area contributed by atoms with Gasteiger partial charge in [-0.15, -0.1) is 0 Å². The van der Waals surface area contributed by atoms with E-state index in [4.69, 9.17) is 10.3 Å². The van der Waals surface area contributed by atoms with E-state index in [2.05, 4.69) is 20.4 Å². The summed E-state index contributed by atoms with van der Waals surface area (Å²) in [6, 6.07) is 17.5. The summed E-state index contributed by atoms with van der Waals surface area (Å²) in [6.07, 6.45) is 2.57. The SMILES string of the molecule is NC(=NCc1cc(-c2ccccc2)on1)NCCc1ccccn1. The van der Waals surface area contributed by atoms with Crippen LogP contribution in [0.1, 0.15) is 11.4 Å². The molecule has 6 heteroatoms. The van der Waals surface area contributed by atoms with E-state index in [1.54, 1.807) is 6.20 Å². The van der Waals surface area contributed by atoms with Crippen molar-refractivity contribution in [3.63, 3.8) is 0 Å². The van der Waals surface area contributed by atoms with Crippen molar-refractivity contribution < 1.29 is 4.52 Å². The number of guanidine groups is 1. The van der Waals surface area contributed by atoms with Crippen molar-refractivity contribution in [3.05, 3.63) is 72.2 Å². The summed E-state index contributed by atoms with van der Waals surface area (Å²) in [4.78, 5) is 8.53. The number of pyridine rings is 1. The van der Waals surface area contributed by atoms with Gasteiger partial charge in [-0.2, -0.15) is 0 Å². The standard InChI is InChI=1S/C18H19N5O/c19-18(21-11-9-15-8-4-5-10-20-15)22-13-16-12-17(24-23-16)14-6-2-1-3-7-14/h1-8,10,12H,9,11,13H2,(H3,19,21,22). The maximum Gasteiger partial charge on any atom is 0.188 e. The van der Waals surface area contributed by atoms with Gasteiger partial charge in [-0.3, -0.25) is 4.98 Å². The maximum atomic E-state index is 5.86. The fraction of sp³-hybridized carbons (Fsp3) is 0.167. The summed E-state index contributed by atoms with van der Waals surface area (Å²) < 4.78 is 5.33. The summed E-state index contributed by atoms with van der Waals surface area (Å²) >= 11 is 0. The Labute approximate surface area is 140 Å². The Morgan fingerprint density at radius 3 is 2.71 bits per heavy atom. The monoisotopic (exact) mass is 321 g/mol. The predicted molar refractivity (Wildman–Crippen MR) is 93.2 cm³/mol. The Morgan fingerprint density at radius 1 is 1.08 bits per heavy atom. The molecule has 24 heavy (non-hydrogen) atoms. The number of aliphatic imine (C=N–C) groups is 1. The summed E-state index contributed by atoms with van der Waals surface area (Å²) in [5.41, 5.74) is 8.61. The number of hydrogen-bond acceptors (Lipinski definition) is 4. The maximum absolute atomic E-state index is 5.86. The van der Waals surface area contributed by atoms with Crippen LogP contribution in [0.2, 0.25) is 0 Å². The third kappa shape index (κ3) is 4.42. The molecule has 2 heterocycles. The zero-order valence-corrected chi connectivity index (χ0v) is 13.2. The van der Waals surface area contributed by atoms with Crippen LogP contribution in [0.15, 0.2) is 70.3 Å². The molecule has 0 atom stereocenters. The summed E-state index contributed by atoms with van der Waals surface area (Å²) in [6.45, 7) is 1.05. The molecule has 0 aliphatic rings. The molecule has 0 saturated carbocycles. The van der Waals surface area contributed by atoms with Crippen molar-refractivity contribution in [2.45, 2.75) is 13.0 Å². The highest BCUT2D eigenvalue weighted by molar-refractivity contribution is 5.77. The van der Waals surface area contributed by atoms with Crippen LogP contribution in [0.25, 0.3) is 11.3 Å². The number of rotatable bonds is 6. The van der Waals surface area contributed by atoms with Crippen molar-refractivity contribution >= 4 is 5.96 Å². The van der Waals surface area contributed by atoms with Gasteiger partial charge in [-0.05, 0) is 12.1 Å². The molecule has 0 fully saturated rings. The number of nitrogens with two attached hydrogens (primary N) is 1. The summed E-state index contributed by atoms with van der Waals surface area (Å²) in [5.74, 6) is 1.11. The molecule has 2 aromatic heterocycles. The van der Waals surface area contributed by atoms with Crippen LogP contribution >= 0.6 is 0 Å². The summed E-state index contributed by atoms with van der Waals surface area (Å²) in [5, 5.41) is 7.09. The second kappa shape index (κ2) is 7.92. The van der Waals surface area contributed by atoms with Gasteiger partial charge in [0.15, 0.2) is 11.7 Å². The van der Waals surface area contributed by atoms with Crippen LogP contribution in [0.3, 0.4) is 0 Å². The average Bonchev–Trinajstić information content (AvgIpc) is 3.11. The van der Waals surface area contributed by atoms with Crippen LogP contribution in [0.4, 0.5) is 0 Å². The van der Waals surface area contributed by atoms with Crippen LogP contribution in [0, 0.1) is 0 Å². The summed E-state index contributed by atoms with van der Waals surface area (Å²) in [7, 11) is 0. The Morgan fingerprint density at radius 2 is 1.92 bits per heavy atom. The number of nitrogens with one attached hydrogen (secondary N) is 1. The number of hydrogen-bond donors (Lipinski definition) is 2. The Kier molecular flexibility index (Phi) is 5.19. The number of aromatic nitrogens is 2. The molecule has 0 amide bonds. The van der Waals surface area contributed by atoms with Gasteiger partial charge in [0.1, 0.15) is 5.69 Å². The van der Waals surface area contributed by atoms with Crippen LogP contribution in [-0.2, 0) is 13.0 Å². The first-order valence-corrected chi connectivity index (χ1v) is 7.76. The molecule has 0 bridgehead atoms. The third-order valence-corrected chi connectivity index (χ3v) is 3.44. The number of benzene rings is 1. The minimum absolute atomic E-state index is 0.374. The van der Waals surface area contributed by atoms with Crippen LogP contribution < -0.4 is 11.1 Å². The molecule has 0 aliphatic heterocycles. The van der Waals surface area contributed by atoms with Gasteiger partial charge in [0, 0.05) is 36.5 Å². The topological polar surface area (TPSA) is 89.3 Å². The van der Waals surface area contributed by atoms with E-state index in [9.17, 15) is 0 Å². The molecule has 0 unspecified atom stereocenters. The first-order valence-electron chi connectivity index (χ1n) is 7.76. The fourth-order valence-corrected chi connectivity index (χ4v) is 2.21. The van der Waals surface area contributed by atoms with E-state index in [1.807, 2.05) is 54.6 Å². The lowest BCUT2D eigenvalue weighted by Crippen LogP contribution is -2.33. The third-order valence-electron chi connectivity index (χ3n) is 3.44. The molecule has 3 aromatic rings. The molecule has 0 radical (unpaired) electrons. The lowest BCUT2D eigenvalue weighted by atomic mass is 10.2. The second-order valence-electron chi connectivity index (χ2n) is 5.25. The second-order valence-corrected chi connectivity index (χ2v) is 5.25. The van der Waals surface area contributed by atoms with E-state index in [0.29, 0.717) is 19.0 Å². The normalized spacial score (nSPS) is 11.4. The molecule has 0 aliphatic carbocycles. The molecular weight excluding hydrogens is 302 g/mol. The highest BCUT2D eigenvalue weighted by Gasteiger charge is 2.05. The van der Waals surface area contributed by atoms with Crippen molar-refractivity contribution in [1.82, 2.24) is 15.5 Å². The van der Waals surface area contributed by atoms with Crippen LogP contribution in [0.5, 0.6) is 0 Å². The molecular formula is C18H19N5O. The highest BCUT2D eigenvalue weighted by atomic mass is 16.5. The average molecular weight is 321 g/mol. The lowest BCUT2D eigenvalue weighted by Gasteiger charge is -2.04. The van der Waals surface area contributed by atoms with Gasteiger partial charge >= 0.3 is 0 Å². The minimum Gasteiger partial charge on any atom is -0.370 e. The molecule has 3 N–H and O–H groups in total. The Hall–Kier alpha value is -3.15. The van der Waals surface area contributed by atoms with E-state index in [0.717, 1.165) is 29.1 Å². The van der Waals surface area contributed by atoms with Gasteiger partial charge in [0.2, 0.25) is 0 Å². The van der Waals surface area contributed by atoms with Crippen molar-refractivity contribution in [2.75, 3.05) is 6.54 Å². The van der Waals surface area contributed by atoms with Gasteiger partial charge < -0.3 is 15.6 Å². The Balaban J connectivity index is 1.49.